The number of para-hydroxylation sites is 1. The maximum absolute atomic E-state index is 12.6. The largest absolute Gasteiger partial charge is 0.359 e. The van der Waals surface area contributed by atoms with E-state index in [1.165, 1.54) is 0 Å². The first-order chi connectivity index (χ1) is 16.8. The molecular formula is C27H37N5O2S. The molecule has 7 nitrogen and oxygen atoms in total. The maximum Gasteiger partial charge on any atom is 0.240 e. The van der Waals surface area contributed by atoms with Crippen LogP contribution in [0, 0.1) is 18.8 Å². The van der Waals surface area contributed by atoms with E-state index >= 15 is 0 Å². The average Bonchev–Trinajstić information content (AvgIpc) is 2.87. The number of nitrogens with one attached hydrogen (secondary N) is 1. The van der Waals surface area contributed by atoms with Gasteiger partial charge >= 0.3 is 0 Å². The van der Waals surface area contributed by atoms with Crippen molar-refractivity contribution < 1.29 is 8.42 Å². The number of benzene rings is 2. The summed E-state index contributed by atoms with van der Waals surface area (Å²) in [6, 6.07) is 15.2. The Morgan fingerprint density at radius 2 is 1.57 bits per heavy atom. The second kappa shape index (κ2) is 10.9. The van der Waals surface area contributed by atoms with E-state index in [-0.39, 0.29) is 0 Å². The summed E-state index contributed by atoms with van der Waals surface area (Å²) in [5, 5.41) is 1.07. The highest BCUT2D eigenvalue weighted by atomic mass is 32.2. The zero-order chi connectivity index (χ0) is 25.0. The van der Waals surface area contributed by atoms with E-state index in [4.69, 9.17) is 9.97 Å². The summed E-state index contributed by atoms with van der Waals surface area (Å²) < 4.78 is 28.0. The lowest BCUT2D eigenvalue weighted by atomic mass is 9.82. The van der Waals surface area contributed by atoms with E-state index in [0.29, 0.717) is 23.3 Å². The number of nitrogens with zero attached hydrogens (tertiary/aromatic N) is 4. The van der Waals surface area contributed by atoms with Gasteiger partial charge in [0.05, 0.1) is 10.4 Å². The highest BCUT2D eigenvalue weighted by molar-refractivity contribution is 7.89. The fraction of sp³-hybridized carbons (Fsp3) is 0.481. The van der Waals surface area contributed by atoms with Crippen LogP contribution >= 0.6 is 0 Å². The van der Waals surface area contributed by atoms with Crippen LogP contribution in [0.25, 0.3) is 10.9 Å². The number of hydrogen-bond donors (Lipinski definition) is 1. The summed E-state index contributed by atoms with van der Waals surface area (Å²) in [6.45, 7) is 6.35. The Kier molecular flexibility index (Phi) is 7.91. The molecule has 0 unspecified atom stereocenters. The molecule has 0 bridgehead atoms. The minimum absolute atomic E-state index is 0.335. The molecular weight excluding hydrogens is 458 g/mol. The van der Waals surface area contributed by atoms with Crippen LogP contribution in [-0.2, 0) is 10.0 Å². The fourth-order valence-corrected chi connectivity index (χ4v) is 5.89. The lowest BCUT2D eigenvalue weighted by molar-refractivity contribution is 0.278. The highest BCUT2D eigenvalue weighted by Crippen LogP contribution is 2.31. The Morgan fingerprint density at radius 3 is 2.26 bits per heavy atom. The van der Waals surface area contributed by atoms with Crippen molar-refractivity contribution in [1.29, 1.82) is 0 Å². The molecule has 0 aliphatic heterocycles. The molecule has 8 heteroatoms. The van der Waals surface area contributed by atoms with E-state index in [9.17, 15) is 8.42 Å². The average molecular weight is 496 g/mol. The Labute approximate surface area is 209 Å². The minimum atomic E-state index is -3.46. The molecule has 4 rings (SSSR count). The van der Waals surface area contributed by atoms with E-state index in [2.05, 4.69) is 41.6 Å². The van der Waals surface area contributed by atoms with Crippen molar-refractivity contribution in [3.8, 4) is 0 Å². The van der Waals surface area contributed by atoms with Crippen molar-refractivity contribution in [3.63, 3.8) is 0 Å². The Bertz CT molecular complexity index is 1240. The summed E-state index contributed by atoms with van der Waals surface area (Å²) in [6.07, 6.45) is 4.21. The van der Waals surface area contributed by atoms with Crippen LogP contribution in [-0.4, -0.2) is 52.1 Å². The molecule has 0 spiro atoms. The zero-order valence-electron chi connectivity index (χ0n) is 21.2. The molecule has 188 valence electrons. The van der Waals surface area contributed by atoms with Gasteiger partial charge in [0, 0.05) is 39.1 Å². The quantitative estimate of drug-likeness (QED) is 0.467. The van der Waals surface area contributed by atoms with E-state index < -0.39 is 10.0 Å². The number of fused-ring (bicyclic) bond motifs is 1. The van der Waals surface area contributed by atoms with E-state index in [1.54, 1.807) is 12.1 Å². The maximum atomic E-state index is 12.6. The molecule has 0 amide bonds. The standard InChI is InChI=1S/C27H37N5O2S/c1-5-31(3)26-24-8-6-7-9-25(24)29-27(30-26)32(4)19-22-14-12-21(13-15-22)18-28-35(33,34)23-16-10-20(2)11-17-23/h6-11,16-17,21-22,28H,5,12-15,18-19H2,1-4H3/t21-,22-. The van der Waals surface area contributed by atoms with Crippen molar-refractivity contribution in [2.75, 3.05) is 43.5 Å². The fourth-order valence-electron chi connectivity index (χ4n) is 4.77. The Hall–Kier alpha value is -2.71. The van der Waals surface area contributed by atoms with Gasteiger partial charge in [0.1, 0.15) is 5.82 Å². The van der Waals surface area contributed by atoms with Crippen molar-refractivity contribution >= 4 is 32.7 Å². The van der Waals surface area contributed by atoms with Crippen molar-refractivity contribution in [1.82, 2.24) is 14.7 Å². The van der Waals surface area contributed by atoms with Crippen LogP contribution in [0.2, 0.25) is 0 Å². The molecule has 3 aromatic rings. The predicted molar refractivity (Wildman–Crippen MR) is 144 cm³/mol. The predicted octanol–water partition coefficient (Wildman–Crippen LogP) is 4.62. The lowest BCUT2D eigenvalue weighted by Crippen LogP contribution is -2.34. The van der Waals surface area contributed by atoms with Crippen LogP contribution in [0.3, 0.4) is 0 Å². The van der Waals surface area contributed by atoms with Gasteiger partial charge in [0.15, 0.2) is 0 Å². The molecule has 1 saturated carbocycles. The van der Waals surface area contributed by atoms with Gasteiger partial charge in [-0.1, -0.05) is 29.8 Å². The zero-order valence-corrected chi connectivity index (χ0v) is 22.1. The summed E-state index contributed by atoms with van der Waals surface area (Å²) >= 11 is 0. The second-order valence-electron chi connectivity index (χ2n) is 9.81. The number of aryl methyl sites for hydroxylation is 1. The molecule has 0 radical (unpaired) electrons. The number of hydrogen-bond acceptors (Lipinski definition) is 6. The summed E-state index contributed by atoms with van der Waals surface area (Å²) in [5.74, 6) is 2.64. The van der Waals surface area contributed by atoms with Gasteiger partial charge in [-0.25, -0.2) is 18.1 Å². The second-order valence-corrected chi connectivity index (χ2v) is 11.6. The van der Waals surface area contributed by atoms with Crippen LogP contribution in [0.4, 0.5) is 11.8 Å². The first kappa shape index (κ1) is 25.4. The minimum Gasteiger partial charge on any atom is -0.359 e. The van der Waals surface area contributed by atoms with Crippen molar-refractivity contribution in [3.05, 3.63) is 54.1 Å². The topological polar surface area (TPSA) is 78.4 Å². The Morgan fingerprint density at radius 1 is 0.914 bits per heavy atom. The summed E-state index contributed by atoms with van der Waals surface area (Å²) in [7, 11) is 0.678. The van der Waals surface area contributed by atoms with Crippen LogP contribution < -0.4 is 14.5 Å². The van der Waals surface area contributed by atoms with Gasteiger partial charge in [0.25, 0.3) is 0 Å². The SMILES string of the molecule is CCN(C)c1nc(N(C)C[C@H]2CC[C@H](CNS(=O)(=O)c3ccc(C)cc3)CC2)nc2ccccc12. The molecule has 35 heavy (non-hydrogen) atoms. The van der Waals surface area contributed by atoms with E-state index in [1.807, 2.05) is 37.3 Å². The first-order valence-corrected chi connectivity index (χ1v) is 14.0. The van der Waals surface area contributed by atoms with Crippen molar-refractivity contribution in [2.24, 2.45) is 11.8 Å². The number of sulfonamides is 1. The molecule has 1 aromatic heterocycles. The third kappa shape index (κ3) is 6.11. The van der Waals surface area contributed by atoms with Gasteiger partial charge in [-0.05, 0) is 75.6 Å². The highest BCUT2D eigenvalue weighted by Gasteiger charge is 2.25. The smallest absolute Gasteiger partial charge is 0.240 e. The van der Waals surface area contributed by atoms with Crippen molar-refractivity contribution in [2.45, 2.75) is 44.4 Å². The van der Waals surface area contributed by atoms with E-state index in [0.717, 1.165) is 67.0 Å². The Balaban J connectivity index is 1.33. The van der Waals surface area contributed by atoms with Gasteiger partial charge < -0.3 is 9.80 Å². The first-order valence-electron chi connectivity index (χ1n) is 12.5. The number of rotatable bonds is 9. The normalized spacial score (nSPS) is 18.5. The molecule has 1 fully saturated rings. The van der Waals surface area contributed by atoms with Gasteiger partial charge in [-0.2, -0.15) is 4.98 Å². The van der Waals surface area contributed by atoms with Gasteiger partial charge in [0.2, 0.25) is 16.0 Å². The summed E-state index contributed by atoms with van der Waals surface area (Å²) in [5.41, 5.74) is 2.01. The molecule has 1 heterocycles. The molecule has 0 atom stereocenters. The number of aromatic nitrogens is 2. The van der Waals surface area contributed by atoms with Crippen LogP contribution in [0.5, 0.6) is 0 Å². The third-order valence-corrected chi connectivity index (χ3v) is 8.58. The van der Waals surface area contributed by atoms with Crippen LogP contribution in [0.1, 0.15) is 38.2 Å². The molecule has 0 saturated heterocycles. The third-order valence-electron chi connectivity index (χ3n) is 7.14. The van der Waals surface area contributed by atoms with Gasteiger partial charge in [-0.3, -0.25) is 0 Å². The molecule has 1 aliphatic carbocycles. The molecule has 1 aliphatic rings. The number of anilines is 2. The van der Waals surface area contributed by atoms with Crippen LogP contribution in [0.15, 0.2) is 53.4 Å². The molecule has 1 N–H and O–H groups in total. The lowest BCUT2D eigenvalue weighted by Gasteiger charge is -2.31. The summed E-state index contributed by atoms with van der Waals surface area (Å²) in [4.78, 5) is 14.4. The van der Waals surface area contributed by atoms with Gasteiger partial charge in [-0.15, -0.1) is 0 Å². The monoisotopic (exact) mass is 495 g/mol. The molecule has 2 aromatic carbocycles.